The Morgan fingerprint density at radius 2 is 1.92 bits per heavy atom. The van der Waals surface area contributed by atoms with Crippen molar-refractivity contribution in [1.29, 1.82) is 0 Å². The summed E-state index contributed by atoms with van der Waals surface area (Å²) in [6.07, 6.45) is -3.20. The van der Waals surface area contributed by atoms with E-state index in [0.29, 0.717) is 34.5 Å². The SMILES string of the molecule is CS(=O)(=O)N(CC(F)(F)F)C1CCN(c2nc3ccccc3o2)CC1. The zero-order valence-corrected chi connectivity index (χ0v) is 14.3. The molecule has 3 rings (SSSR count). The minimum absolute atomic E-state index is 0.280. The summed E-state index contributed by atoms with van der Waals surface area (Å²) in [6, 6.07) is 6.97. The maximum Gasteiger partial charge on any atom is 0.402 e. The third-order valence-electron chi connectivity index (χ3n) is 4.19. The maximum absolute atomic E-state index is 12.7. The fourth-order valence-electron chi connectivity index (χ4n) is 3.03. The molecule has 0 radical (unpaired) electrons. The second-order valence-corrected chi connectivity index (χ2v) is 8.04. The average molecular weight is 377 g/mol. The fraction of sp³-hybridized carbons (Fsp3) is 0.533. The molecule has 1 saturated heterocycles. The number of hydrogen-bond acceptors (Lipinski definition) is 5. The number of sulfonamides is 1. The highest BCUT2D eigenvalue weighted by molar-refractivity contribution is 7.88. The monoisotopic (exact) mass is 377 g/mol. The molecule has 10 heteroatoms. The minimum atomic E-state index is -4.57. The number of piperidine rings is 1. The predicted molar refractivity (Wildman–Crippen MR) is 86.8 cm³/mol. The van der Waals surface area contributed by atoms with Crippen LogP contribution in [0.1, 0.15) is 12.8 Å². The van der Waals surface area contributed by atoms with E-state index in [-0.39, 0.29) is 12.8 Å². The Bertz CT molecular complexity index is 809. The number of anilines is 1. The first-order valence-electron chi connectivity index (χ1n) is 7.77. The molecule has 1 aliphatic heterocycles. The largest absolute Gasteiger partial charge is 0.423 e. The van der Waals surface area contributed by atoms with Gasteiger partial charge in [-0.05, 0) is 25.0 Å². The highest BCUT2D eigenvalue weighted by Crippen LogP contribution is 2.28. The molecular formula is C15H18F3N3O3S. The van der Waals surface area contributed by atoms with Gasteiger partial charge in [0.2, 0.25) is 10.0 Å². The van der Waals surface area contributed by atoms with Crippen LogP contribution in [0.4, 0.5) is 19.2 Å². The molecule has 1 fully saturated rings. The van der Waals surface area contributed by atoms with Gasteiger partial charge in [-0.1, -0.05) is 12.1 Å². The lowest BCUT2D eigenvalue weighted by Crippen LogP contribution is -2.50. The van der Waals surface area contributed by atoms with E-state index in [1.54, 1.807) is 6.07 Å². The zero-order valence-electron chi connectivity index (χ0n) is 13.5. The molecule has 0 atom stereocenters. The van der Waals surface area contributed by atoms with Gasteiger partial charge in [0.25, 0.3) is 6.01 Å². The van der Waals surface area contributed by atoms with Crippen LogP contribution in [0.5, 0.6) is 0 Å². The van der Waals surface area contributed by atoms with Crippen molar-refractivity contribution >= 4 is 27.1 Å². The lowest BCUT2D eigenvalue weighted by molar-refractivity contribution is -0.139. The summed E-state index contributed by atoms with van der Waals surface area (Å²) in [5.74, 6) is 0. The third kappa shape index (κ3) is 4.24. The minimum Gasteiger partial charge on any atom is -0.423 e. The van der Waals surface area contributed by atoms with E-state index in [1.165, 1.54) is 0 Å². The standard InChI is InChI=1S/C15H18F3N3O3S/c1-25(22,23)21(10-15(16,17)18)11-6-8-20(9-7-11)14-19-12-4-2-3-5-13(12)24-14/h2-5,11H,6-10H2,1H3. The molecule has 6 nitrogen and oxygen atoms in total. The molecule has 0 bridgehead atoms. The topological polar surface area (TPSA) is 66.7 Å². The molecule has 1 aliphatic rings. The van der Waals surface area contributed by atoms with Crippen molar-refractivity contribution in [2.75, 3.05) is 30.8 Å². The zero-order chi connectivity index (χ0) is 18.2. The summed E-state index contributed by atoms with van der Waals surface area (Å²) >= 11 is 0. The number of hydrogen-bond donors (Lipinski definition) is 0. The number of alkyl halides is 3. The van der Waals surface area contributed by atoms with Crippen LogP contribution >= 0.6 is 0 Å². The Balaban J connectivity index is 1.71. The lowest BCUT2D eigenvalue weighted by Gasteiger charge is -2.36. The van der Waals surface area contributed by atoms with Crippen LogP contribution in [0.25, 0.3) is 11.1 Å². The summed E-state index contributed by atoms with van der Waals surface area (Å²) in [5.41, 5.74) is 1.34. The van der Waals surface area contributed by atoms with E-state index in [2.05, 4.69) is 4.98 Å². The summed E-state index contributed by atoms with van der Waals surface area (Å²) in [4.78, 5) is 6.19. The Morgan fingerprint density at radius 1 is 1.28 bits per heavy atom. The molecular weight excluding hydrogens is 359 g/mol. The van der Waals surface area contributed by atoms with Gasteiger partial charge in [-0.15, -0.1) is 0 Å². The molecule has 0 spiro atoms. The number of benzene rings is 1. The highest BCUT2D eigenvalue weighted by Gasteiger charge is 2.39. The van der Waals surface area contributed by atoms with Crippen molar-refractivity contribution < 1.29 is 26.0 Å². The summed E-state index contributed by atoms with van der Waals surface area (Å²) in [5, 5.41) is 0. The molecule has 0 unspecified atom stereocenters. The molecule has 138 valence electrons. The molecule has 0 aliphatic carbocycles. The molecule has 1 aromatic heterocycles. The van der Waals surface area contributed by atoms with Crippen molar-refractivity contribution in [3.63, 3.8) is 0 Å². The highest BCUT2D eigenvalue weighted by atomic mass is 32.2. The molecule has 0 N–H and O–H groups in total. The van der Waals surface area contributed by atoms with E-state index >= 15 is 0 Å². The van der Waals surface area contributed by atoms with E-state index in [1.807, 2.05) is 23.1 Å². The molecule has 2 aromatic rings. The van der Waals surface area contributed by atoms with Crippen LogP contribution in [-0.2, 0) is 10.0 Å². The van der Waals surface area contributed by atoms with Gasteiger partial charge in [-0.25, -0.2) is 8.42 Å². The van der Waals surface area contributed by atoms with Crippen LogP contribution in [0.15, 0.2) is 28.7 Å². The first-order valence-corrected chi connectivity index (χ1v) is 9.62. The Labute approximate surface area is 143 Å². The van der Waals surface area contributed by atoms with E-state index in [0.717, 1.165) is 6.26 Å². The van der Waals surface area contributed by atoms with E-state index < -0.39 is 28.8 Å². The summed E-state index contributed by atoms with van der Waals surface area (Å²) in [7, 11) is -3.94. The molecule has 0 amide bonds. The maximum atomic E-state index is 12.7. The second kappa shape index (κ2) is 6.49. The number of aromatic nitrogens is 1. The Kier molecular flexibility index (Phi) is 4.67. The van der Waals surface area contributed by atoms with Crippen molar-refractivity contribution in [2.45, 2.75) is 25.1 Å². The number of halogens is 3. The third-order valence-corrected chi connectivity index (χ3v) is 5.47. The van der Waals surface area contributed by atoms with Crippen LogP contribution in [0.3, 0.4) is 0 Å². The molecule has 25 heavy (non-hydrogen) atoms. The van der Waals surface area contributed by atoms with Crippen LogP contribution in [0, 0.1) is 0 Å². The Morgan fingerprint density at radius 3 is 2.48 bits per heavy atom. The first kappa shape index (κ1) is 18.0. The van der Waals surface area contributed by atoms with Crippen LogP contribution < -0.4 is 4.90 Å². The van der Waals surface area contributed by atoms with Gasteiger partial charge in [0, 0.05) is 19.1 Å². The number of fused-ring (bicyclic) bond motifs is 1. The second-order valence-electron chi connectivity index (χ2n) is 6.11. The van der Waals surface area contributed by atoms with Crippen molar-refractivity contribution in [1.82, 2.24) is 9.29 Å². The smallest absolute Gasteiger partial charge is 0.402 e. The molecule has 1 aromatic carbocycles. The van der Waals surface area contributed by atoms with Gasteiger partial charge in [0.1, 0.15) is 12.1 Å². The normalized spacial score (nSPS) is 17.6. The number of nitrogens with zero attached hydrogens (tertiary/aromatic N) is 3. The quantitative estimate of drug-likeness (QED) is 0.820. The van der Waals surface area contributed by atoms with E-state index in [9.17, 15) is 21.6 Å². The van der Waals surface area contributed by atoms with Gasteiger partial charge in [-0.2, -0.15) is 22.5 Å². The van der Waals surface area contributed by atoms with Crippen LogP contribution in [-0.4, -0.2) is 55.8 Å². The van der Waals surface area contributed by atoms with Crippen molar-refractivity contribution in [3.05, 3.63) is 24.3 Å². The number of para-hydroxylation sites is 2. The van der Waals surface area contributed by atoms with Crippen molar-refractivity contribution in [2.24, 2.45) is 0 Å². The molecule has 2 heterocycles. The first-order chi connectivity index (χ1) is 11.6. The van der Waals surface area contributed by atoms with Gasteiger partial charge in [0.15, 0.2) is 5.58 Å². The van der Waals surface area contributed by atoms with Gasteiger partial charge < -0.3 is 9.32 Å². The average Bonchev–Trinajstić information content (AvgIpc) is 2.95. The fourth-order valence-corrected chi connectivity index (χ4v) is 4.17. The molecule has 0 saturated carbocycles. The lowest BCUT2D eigenvalue weighted by atomic mass is 10.1. The summed E-state index contributed by atoms with van der Waals surface area (Å²) in [6.45, 7) is -0.706. The van der Waals surface area contributed by atoms with Gasteiger partial charge in [0.05, 0.1) is 6.26 Å². The van der Waals surface area contributed by atoms with Crippen molar-refractivity contribution in [3.8, 4) is 0 Å². The summed E-state index contributed by atoms with van der Waals surface area (Å²) < 4.78 is 67.9. The van der Waals surface area contributed by atoms with Gasteiger partial charge >= 0.3 is 6.18 Å². The number of rotatable bonds is 4. The Hall–Kier alpha value is -1.81. The van der Waals surface area contributed by atoms with Gasteiger partial charge in [-0.3, -0.25) is 0 Å². The van der Waals surface area contributed by atoms with E-state index in [4.69, 9.17) is 4.42 Å². The predicted octanol–water partition coefficient (Wildman–Crippen LogP) is 2.62. The number of oxazole rings is 1. The van der Waals surface area contributed by atoms with Crippen LogP contribution in [0.2, 0.25) is 0 Å².